The van der Waals surface area contributed by atoms with Crippen LogP contribution in [-0.2, 0) is 46.1 Å². The fourth-order valence-corrected chi connectivity index (χ4v) is 25.8. The van der Waals surface area contributed by atoms with Crippen molar-refractivity contribution < 1.29 is 38.1 Å². The van der Waals surface area contributed by atoms with Gasteiger partial charge in [0.2, 0.25) is 0 Å². The van der Waals surface area contributed by atoms with Crippen molar-refractivity contribution in [2.45, 2.75) is 63.6 Å². The molecule has 2 aliphatic heterocycles. The molecule has 2 aromatic heterocycles. The maximum absolute atomic E-state index is 14.9. The van der Waals surface area contributed by atoms with Crippen molar-refractivity contribution in [3.05, 3.63) is 230 Å². The Labute approximate surface area is 473 Å². The Morgan fingerprint density at radius 1 is 0.595 bits per heavy atom. The van der Waals surface area contributed by atoms with Crippen LogP contribution in [0.4, 0.5) is 0 Å². The number of halogens is 2. The first-order chi connectivity index (χ1) is 38.3. The summed E-state index contributed by atoms with van der Waals surface area (Å²) in [6.45, 7) is 8.99. The molecule has 0 saturated heterocycles. The first-order valence-corrected chi connectivity index (χ1v) is 33.7. The van der Waals surface area contributed by atoms with Crippen LogP contribution < -0.4 is 29.2 Å². The third kappa shape index (κ3) is 11.1. The molecule has 13 nitrogen and oxygen atoms in total. The average molecular weight is 1290 g/mol. The summed E-state index contributed by atoms with van der Waals surface area (Å²) in [5, 5.41) is 3.32. The van der Waals surface area contributed by atoms with Gasteiger partial charge in [-0.3, -0.25) is 29.4 Å². The second-order valence-corrected chi connectivity index (χ2v) is 32.7. The van der Waals surface area contributed by atoms with E-state index in [1.54, 1.807) is 42.7 Å². The van der Waals surface area contributed by atoms with E-state index >= 15 is 0 Å². The van der Waals surface area contributed by atoms with Crippen molar-refractivity contribution in [3.8, 4) is 23.0 Å². The fraction of sp³-hybridized carbons (Fsp3) is 0.206. The molecule has 79 heavy (non-hydrogen) atoms. The van der Waals surface area contributed by atoms with Gasteiger partial charge in [-0.05, 0) is 37.4 Å². The van der Waals surface area contributed by atoms with Crippen LogP contribution in [-0.4, -0.2) is 83.8 Å². The van der Waals surface area contributed by atoms with E-state index < -0.39 is 44.1 Å². The van der Waals surface area contributed by atoms with Gasteiger partial charge < -0.3 is 9.47 Å². The van der Waals surface area contributed by atoms with Crippen LogP contribution >= 0.6 is 23.2 Å². The molecular formula is C63H57Cl2N5O8Po. The van der Waals surface area contributed by atoms with E-state index in [4.69, 9.17) is 42.1 Å². The van der Waals surface area contributed by atoms with Crippen molar-refractivity contribution >= 4 is 77.2 Å². The van der Waals surface area contributed by atoms with Gasteiger partial charge in [-0.15, -0.1) is 0 Å². The van der Waals surface area contributed by atoms with Gasteiger partial charge in [-0.1, -0.05) is 49.2 Å². The van der Waals surface area contributed by atoms with Crippen LogP contribution in [0.1, 0.15) is 87.6 Å². The van der Waals surface area contributed by atoms with E-state index in [1.165, 1.54) is 23.5 Å². The van der Waals surface area contributed by atoms with E-state index in [0.29, 0.717) is 64.6 Å². The Bertz CT molecular complexity index is 3340. The molecule has 402 valence electrons. The molecule has 0 fully saturated rings. The quantitative estimate of drug-likeness (QED) is 0.0607. The van der Waals surface area contributed by atoms with Gasteiger partial charge in [0.25, 0.3) is 0 Å². The van der Waals surface area contributed by atoms with E-state index in [0.717, 1.165) is 11.4 Å². The van der Waals surface area contributed by atoms with Gasteiger partial charge >= 0.3 is 276 Å². The summed E-state index contributed by atoms with van der Waals surface area (Å²) >= 11 is 10.8. The van der Waals surface area contributed by atoms with Crippen LogP contribution in [0.3, 0.4) is 0 Å². The zero-order valence-corrected chi connectivity index (χ0v) is 48.7. The molecule has 0 aliphatic carbocycles. The third-order valence-corrected chi connectivity index (χ3v) is 30.4. The number of fused-ring (bicyclic) bond motifs is 6. The zero-order chi connectivity index (χ0) is 55.3. The number of benzene rings is 6. The SMILES string of the molecule is CCN(Cc1ccccn1)Cc1c(OC(C)=O)c(Cl)cc2c1Oc1c(cc(Cl)c(OC(C)=O)c1CN(CC)Cc1ccccn1)C21OC(=O)c2cc(C(=O)NC[CH2][Po]([c]3ccccc3)([c]3ccccc3)[c]3ccccc3)ccc21. The van der Waals surface area contributed by atoms with Gasteiger partial charge in [0.1, 0.15) is 0 Å². The number of amides is 1. The van der Waals surface area contributed by atoms with Gasteiger partial charge in [0.05, 0.1) is 11.4 Å². The Hall–Kier alpha value is -7.30. The number of esters is 3. The molecule has 0 atom stereocenters. The second-order valence-electron chi connectivity index (χ2n) is 19.1. The normalized spacial score (nSPS) is 13.2. The molecule has 4 heterocycles. The maximum atomic E-state index is 14.9. The zero-order valence-electron chi connectivity index (χ0n) is 44.0. The Morgan fingerprint density at radius 2 is 1.05 bits per heavy atom. The molecule has 0 saturated carbocycles. The van der Waals surface area contributed by atoms with E-state index in [9.17, 15) is 19.2 Å². The molecule has 1 amide bonds. The van der Waals surface area contributed by atoms with Gasteiger partial charge in [0, 0.05) is 52.4 Å². The van der Waals surface area contributed by atoms with Crippen LogP contribution in [0, 0.1) is 0 Å². The number of nitrogens with zero attached hydrogens (tertiary/aromatic N) is 4. The van der Waals surface area contributed by atoms with Crippen LogP contribution in [0.25, 0.3) is 0 Å². The molecule has 10 rings (SSSR count). The van der Waals surface area contributed by atoms with Crippen molar-refractivity contribution in [2.24, 2.45) is 0 Å². The summed E-state index contributed by atoms with van der Waals surface area (Å²) < 4.78 is 30.5. The number of carbonyl (C=O) groups excluding carboxylic acids is 4. The predicted octanol–water partition coefficient (Wildman–Crippen LogP) is 10.1. The van der Waals surface area contributed by atoms with Crippen molar-refractivity contribution in [2.75, 3.05) is 19.6 Å². The van der Waals surface area contributed by atoms with Crippen LogP contribution in [0.15, 0.2) is 170 Å². The topological polar surface area (TPSA) is 149 Å². The van der Waals surface area contributed by atoms with Crippen molar-refractivity contribution in [1.29, 1.82) is 0 Å². The second kappa shape index (κ2) is 24.0. The number of pyridine rings is 2. The molecular weight excluding hydrogens is 1230 g/mol. The number of nitrogens with one attached hydrogen (secondary N) is 1. The molecule has 1 N–H and O–H groups in total. The summed E-state index contributed by atoms with van der Waals surface area (Å²) in [6, 6.07) is 51.2. The summed E-state index contributed by atoms with van der Waals surface area (Å²) in [5.74, 6) is -1.89. The molecule has 0 unspecified atom stereocenters. The standard InChI is InChI=1S/C45H42Cl2N5O8.3C6H5.Po/c1-6-48-43(55)28-15-16-34-31(19-28)44(56)60-45(34)35-20-37(46)41(57-26(4)53)32(24-51(7-2)22-29-13-9-11-17-49-29)39(35)59-40-33(42(58-27(5)54)38(47)21-36(40)45)25-52(8-3)23-30-14-10-12-18-50-30;3*1-2-4-6-5-3-1;/h9-21H,1,6-8,22-25H2,2-5H3,(H,48,55);3*1-5H;. The number of carbonyl (C=O) groups is 4. The van der Waals surface area contributed by atoms with Crippen molar-refractivity contribution in [1.82, 2.24) is 25.1 Å². The molecule has 16 heteroatoms. The predicted molar refractivity (Wildman–Crippen MR) is 307 cm³/mol. The number of hydrogen-bond acceptors (Lipinski definition) is 12. The van der Waals surface area contributed by atoms with Crippen molar-refractivity contribution in [3.63, 3.8) is 0 Å². The minimum absolute atomic E-state index is 0.0445. The van der Waals surface area contributed by atoms with Gasteiger partial charge in [0.15, 0.2) is 11.5 Å². The van der Waals surface area contributed by atoms with Crippen LogP contribution in [0.5, 0.6) is 23.0 Å². The minimum atomic E-state index is -3.76. The summed E-state index contributed by atoms with van der Waals surface area (Å²) in [6.07, 6.45) is 3.44. The number of rotatable bonds is 19. The average Bonchev–Trinajstić information content (AvgIpc) is 3.90. The monoisotopic (exact) mass is 1290 g/mol. The van der Waals surface area contributed by atoms with Crippen LogP contribution in [0.2, 0.25) is 14.1 Å². The molecule has 1 spiro atoms. The first kappa shape index (κ1) is 55.0. The van der Waals surface area contributed by atoms with E-state index in [1.807, 2.05) is 68.4 Å². The fourth-order valence-electron chi connectivity index (χ4n) is 10.5. The van der Waals surface area contributed by atoms with E-state index in [2.05, 4.69) is 97.9 Å². The Morgan fingerprint density at radius 3 is 1.47 bits per heavy atom. The molecule has 0 bridgehead atoms. The summed E-state index contributed by atoms with van der Waals surface area (Å²) in [5.41, 5.74) is 1.85. The Kier molecular flexibility index (Phi) is 16.7. The summed E-state index contributed by atoms with van der Waals surface area (Å²) in [7, 11) is 0. The molecule has 2 aliphatic rings. The molecule has 8 aromatic rings. The molecule has 6 aromatic carbocycles. The molecule has 0 radical (unpaired) electrons. The first-order valence-electron chi connectivity index (χ1n) is 26.0. The van der Waals surface area contributed by atoms with Gasteiger partial charge in [-0.25, -0.2) is 0 Å². The third-order valence-electron chi connectivity index (χ3n) is 14.2. The van der Waals surface area contributed by atoms with E-state index in [-0.39, 0.29) is 63.2 Å². The number of aromatic nitrogens is 2. The number of hydrogen-bond donors (Lipinski definition) is 1. The number of ether oxygens (including phenoxy) is 4. The Balaban J connectivity index is 1.11. The van der Waals surface area contributed by atoms with Gasteiger partial charge in [-0.2, -0.15) is 0 Å². The summed E-state index contributed by atoms with van der Waals surface area (Å²) in [4.78, 5) is 68.9.